The molecule has 0 radical (unpaired) electrons. The van der Waals surface area contributed by atoms with Gasteiger partial charge in [0.05, 0.1) is 56.4 Å². The Morgan fingerprint density at radius 1 is 0.366 bits per heavy atom. The Morgan fingerprint density at radius 2 is 0.746 bits per heavy atom. The van der Waals surface area contributed by atoms with Gasteiger partial charge in [0, 0.05) is 97.1 Å². The average molecular weight is 2230 g/mol. The number of nitrogen functional groups attached to an aromatic ring is 1. The summed E-state index contributed by atoms with van der Waals surface area (Å²) in [5, 5.41) is 78.2. The van der Waals surface area contributed by atoms with E-state index in [0.29, 0.717) is 30.7 Å². The van der Waals surface area contributed by atoms with Crippen LogP contribution in [0, 0.1) is 7.40 Å². The molecule has 0 bridgehead atoms. The molecular weight excluding hydrogens is 2110 g/mol. The molecule has 0 spiro atoms. The number of nitrogens with zero attached hydrogens (tertiary/aromatic N) is 9. The first-order valence-electron chi connectivity index (χ1n) is 46.9. The number of H-pyrrole nitrogens is 3. The Kier molecular flexibility index (Phi) is 43.9. The van der Waals surface area contributed by atoms with Crippen molar-refractivity contribution in [3.8, 4) is 22.3 Å². The number of rotatable bonds is 26. The highest BCUT2D eigenvalue weighted by molar-refractivity contribution is 14.1. The number of ether oxygens (including phenoxy) is 3. The molecule has 0 aliphatic rings. The molecule has 0 aliphatic carbocycles. The Bertz CT molecular complexity index is 7190. The molecule has 20 nitrogen and oxygen atoms in total. The van der Waals surface area contributed by atoms with E-state index in [1.54, 1.807) is 36.5 Å². The lowest BCUT2D eigenvalue weighted by molar-refractivity contribution is 0.0814. The highest BCUT2D eigenvalue weighted by Crippen LogP contribution is 2.32. The topological polar surface area (TPSA) is 274 Å². The smallest absolute Gasteiger partial charge is 0.424 e. The number of aromatic nitrogens is 12. The highest BCUT2D eigenvalue weighted by atomic mass is 127. The zero-order valence-corrected chi connectivity index (χ0v) is 91.4. The summed E-state index contributed by atoms with van der Waals surface area (Å²) < 4.78 is 25.4. The maximum Gasteiger partial charge on any atom is 0.488 e. The lowest BCUT2D eigenvalue weighted by Gasteiger charge is -2.15. The third-order valence-corrected chi connectivity index (χ3v) is 29.1. The van der Waals surface area contributed by atoms with Crippen LogP contribution in [0.15, 0.2) is 334 Å². The molecule has 0 saturated carbocycles. The first kappa shape index (κ1) is 111. The maximum atomic E-state index is 8.58. The van der Waals surface area contributed by atoms with Gasteiger partial charge in [0.25, 0.3) is 0 Å². The number of fused-ring (bicyclic) bond motifs is 6. The number of benzene rings is 13. The van der Waals surface area contributed by atoms with Crippen LogP contribution in [-0.2, 0) is 34.4 Å². The minimum atomic E-state index is -1.37. The number of aromatic amines is 3. The molecular formula is C112H122B2Cl3I2N13O7Si3. The van der Waals surface area contributed by atoms with Gasteiger partial charge < -0.3 is 40.0 Å². The fourth-order valence-electron chi connectivity index (χ4n) is 13.9. The standard InChI is InChI=1S/C27H30N2OSi.C21H25ClN2OSi.C21H16N2.C13H18ClIN2OSi.C8H9BO2.C7H4ClIN2.C7H7N3.C6H7BO2.C2H6/c1-31(2,3)19-18-30-21-29-27-17-15-24(23-12-8-5-9-13-23)20-25(27)26(28-29)16-14-22-10-6-4-7-11-22;1-26(2,3)14-13-25-16-24-21-12-10-18(22)15-19(21)20(23-24)11-9-17-7-5-4-6-8-17;1-3-7-16(8-4-1)11-13-20-19-15-18(12-14-21(19)23-22-20)17-9-5-2-6-10-17;1-19(2,3)7-6-18-9-17-12-5-4-10(14)8-11(12)13(15)16-17;10-9(11)7-6-8-4-2-1-3-5-8;8-4-1-2-6-5(3-4)7(9)11-10-6;8-6-1-2-7-5(3-6)4-9-10-7;8-7(9)6-4-2-1-3-5-6;1-2/h4-17,20H,18-19,21H2,1-3H3;4-12,15H,13-14,16H2,1-3H3;1-15H,(H,22,23);4-5,8H,6-7,9H2,1-3H3;1-7,10-11H;1-3H,(H,10,11);1-4H,8H2,(H,9,10);1-5,8-9H;1-2H3/b16-14+;11-9+;13-11+;;7-6+;;;;. The van der Waals surface area contributed by atoms with Crippen LogP contribution in [-0.4, -0.2) is 138 Å². The normalized spacial score (nSPS) is 11.4. The lowest BCUT2D eigenvalue weighted by Crippen LogP contribution is -2.29. The molecule has 0 saturated heterocycles. The van der Waals surface area contributed by atoms with Crippen molar-refractivity contribution in [3.63, 3.8) is 0 Å². The van der Waals surface area contributed by atoms with E-state index in [9.17, 15) is 0 Å². The second-order valence-electron chi connectivity index (χ2n) is 36.4. The number of nitrogens with two attached hydrogens (primary N) is 1. The van der Waals surface area contributed by atoms with E-state index in [-0.39, 0.29) is 0 Å². The summed E-state index contributed by atoms with van der Waals surface area (Å²) in [6.45, 7) is 29.1. The summed E-state index contributed by atoms with van der Waals surface area (Å²) in [4.78, 5) is 0. The van der Waals surface area contributed by atoms with Crippen LogP contribution in [0.4, 0.5) is 5.69 Å². The van der Waals surface area contributed by atoms with Gasteiger partial charge >= 0.3 is 14.2 Å². The molecule has 0 fully saturated rings. The molecule has 0 atom stereocenters. The number of hydrogen-bond acceptors (Lipinski definition) is 14. The minimum Gasteiger partial charge on any atom is -0.424 e. The van der Waals surface area contributed by atoms with Crippen molar-refractivity contribution in [2.24, 2.45) is 0 Å². The van der Waals surface area contributed by atoms with Gasteiger partial charge in [-0.15, -0.1) is 0 Å². The van der Waals surface area contributed by atoms with Gasteiger partial charge in [-0.05, 0) is 229 Å². The van der Waals surface area contributed by atoms with Crippen molar-refractivity contribution in [3.05, 3.63) is 395 Å². The van der Waals surface area contributed by atoms with Crippen molar-refractivity contribution in [2.45, 2.75) is 111 Å². The van der Waals surface area contributed by atoms with Crippen molar-refractivity contribution in [2.75, 3.05) is 25.6 Å². The summed E-state index contributed by atoms with van der Waals surface area (Å²) in [6, 6.07) is 109. The number of anilines is 1. The van der Waals surface area contributed by atoms with Gasteiger partial charge in [-0.25, -0.2) is 14.0 Å². The molecule has 0 amide bonds. The summed E-state index contributed by atoms with van der Waals surface area (Å²) >= 11 is 22.4. The van der Waals surface area contributed by atoms with E-state index in [2.05, 4.69) is 304 Å². The van der Waals surface area contributed by atoms with E-state index in [1.165, 1.54) is 39.8 Å². The predicted molar refractivity (Wildman–Crippen MR) is 625 cm³/mol. The second kappa shape index (κ2) is 56.4. The molecule has 30 heteroatoms. The molecule has 19 aromatic rings. The van der Waals surface area contributed by atoms with Crippen molar-refractivity contribution >= 4 is 238 Å². The summed E-state index contributed by atoms with van der Waals surface area (Å²) in [5.74, 6) is 1.31. The average Bonchev–Trinajstić information content (AvgIpc) is 1.63. The lowest BCUT2D eigenvalue weighted by atomic mass is 9.81. The molecule has 13 aromatic carbocycles. The van der Waals surface area contributed by atoms with E-state index in [1.807, 2.05) is 198 Å². The van der Waals surface area contributed by atoms with Gasteiger partial charge in [-0.3, -0.25) is 15.3 Å². The fraction of sp³-hybridized carbons (Fsp3) is 0.179. The van der Waals surface area contributed by atoms with Gasteiger partial charge in [0.15, 0.2) is 0 Å². The zero-order chi connectivity index (χ0) is 101. The number of halogens is 5. The SMILES string of the molecule is C(=C\c1n[nH]c2ccc(-c3ccccc3)cc12)/c1ccccc1.CC.C[Si](C)(C)CCOCn1nc(/C=C/c2ccccc2)c2cc(-c3ccccc3)ccc21.C[Si](C)(C)CCOCn1nc(/C=C/c2ccccc2)c2cc(Cl)ccc21.C[Si](C)(C)CCOCn1nc(I)c2cc(Cl)ccc21.Clc1ccc2n[nH]c(I)c2c1.Nc1ccc2[nH]ncc2c1.OB(O)/C=C/c1ccccc1.OB(O)c1ccccc1. The van der Waals surface area contributed by atoms with Gasteiger partial charge in [0.2, 0.25) is 0 Å². The van der Waals surface area contributed by atoms with Crippen molar-refractivity contribution < 1.29 is 34.3 Å². The molecule has 19 rings (SSSR count). The van der Waals surface area contributed by atoms with Gasteiger partial charge in [0.1, 0.15) is 27.6 Å². The van der Waals surface area contributed by atoms with Crippen molar-refractivity contribution in [1.82, 2.24) is 59.9 Å². The minimum absolute atomic E-state index is 0.460. The van der Waals surface area contributed by atoms with E-state index in [4.69, 9.17) is 85.0 Å². The molecule has 142 heavy (non-hydrogen) atoms. The fourth-order valence-corrected chi connectivity index (χ4v) is 18.0. The van der Waals surface area contributed by atoms with Gasteiger partial charge in [-0.2, -0.15) is 30.6 Å². The Morgan fingerprint density at radius 3 is 1.20 bits per heavy atom. The van der Waals surface area contributed by atoms with Crippen molar-refractivity contribution in [1.29, 1.82) is 0 Å². The molecule has 0 unspecified atom stereocenters. The molecule has 0 aliphatic heterocycles. The number of hydrogen-bond donors (Lipinski definition) is 8. The Hall–Kier alpha value is -11.7. The third kappa shape index (κ3) is 36.6. The highest BCUT2D eigenvalue weighted by Gasteiger charge is 2.19. The van der Waals surface area contributed by atoms with E-state index < -0.39 is 38.5 Å². The van der Waals surface area contributed by atoms with Gasteiger partial charge in [-0.1, -0.05) is 362 Å². The predicted octanol–water partition coefficient (Wildman–Crippen LogP) is 28.4. The van der Waals surface area contributed by atoms with E-state index in [0.717, 1.165) is 154 Å². The molecule has 730 valence electrons. The monoisotopic (exact) mass is 2230 g/mol. The Balaban J connectivity index is 0.000000160. The molecule has 9 N–H and O–H groups in total. The van der Waals surface area contributed by atoms with Crippen LogP contribution < -0.4 is 11.2 Å². The number of nitrogens with one attached hydrogen (secondary N) is 3. The first-order chi connectivity index (χ1) is 68.4. The summed E-state index contributed by atoms with van der Waals surface area (Å²) in [7, 11) is -5.92. The van der Waals surface area contributed by atoms with Crippen LogP contribution in [0.5, 0.6) is 0 Å². The van der Waals surface area contributed by atoms with E-state index >= 15 is 0 Å². The largest absolute Gasteiger partial charge is 0.488 e. The molecule has 6 aromatic heterocycles. The quantitative estimate of drug-likeness (QED) is 0.0108. The summed E-state index contributed by atoms with van der Waals surface area (Å²) in [6.07, 6.45) is 15.9. The van der Waals surface area contributed by atoms with Crippen LogP contribution in [0.1, 0.15) is 53.2 Å². The zero-order valence-electron chi connectivity index (χ0n) is 81.8. The van der Waals surface area contributed by atoms with Crippen LogP contribution in [0.2, 0.25) is 92.1 Å². The second-order valence-corrected chi connectivity index (χ2v) is 56.6. The Labute approximate surface area is 878 Å². The van der Waals surface area contributed by atoms with Crippen LogP contribution in [0.25, 0.3) is 130 Å². The molecule has 6 heterocycles. The maximum absolute atomic E-state index is 8.58. The summed E-state index contributed by atoms with van der Waals surface area (Å²) in [5.41, 5.74) is 25.2. The van der Waals surface area contributed by atoms with Crippen LogP contribution >= 0.6 is 80.0 Å². The first-order valence-corrected chi connectivity index (χ1v) is 61.3. The van der Waals surface area contributed by atoms with Crippen LogP contribution in [0.3, 0.4) is 0 Å². The third-order valence-electron chi connectivity index (χ3n) is 21.6.